The van der Waals surface area contributed by atoms with Gasteiger partial charge in [0.05, 0.1) is 11.3 Å². The molecule has 0 aliphatic carbocycles. The monoisotopic (exact) mass is 414 g/mol. The fourth-order valence-corrected chi connectivity index (χ4v) is 3.64. The van der Waals surface area contributed by atoms with Gasteiger partial charge in [-0.15, -0.1) is 5.10 Å². The second kappa shape index (κ2) is 8.14. The minimum atomic E-state index is -3.55. The summed E-state index contributed by atoms with van der Waals surface area (Å²) >= 11 is 0. The summed E-state index contributed by atoms with van der Waals surface area (Å²) in [6.45, 7) is 4.04. The number of nitrogens with zero attached hydrogens (tertiary/aromatic N) is 3. The van der Waals surface area contributed by atoms with E-state index in [0.717, 1.165) is 15.4 Å². The maximum atomic E-state index is 12.4. The molecule has 0 atom stereocenters. The summed E-state index contributed by atoms with van der Waals surface area (Å²) in [6.07, 6.45) is 0.464. The molecular weight excluding hydrogens is 392 g/mol. The molecule has 0 unspecified atom stereocenters. The Hall–Kier alpha value is -3.04. The first-order valence-corrected chi connectivity index (χ1v) is 10.3. The Kier molecular flexibility index (Phi) is 5.81. The maximum absolute atomic E-state index is 12.4. The van der Waals surface area contributed by atoms with Crippen molar-refractivity contribution in [2.24, 2.45) is 0 Å². The molecule has 0 spiro atoms. The average Bonchev–Trinajstić information content (AvgIpc) is 3.11. The molecule has 9 heteroatoms. The van der Waals surface area contributed by atoms with E-state index in [1.54, 1.807) is 0 Å². The Morgan fingerprint density at radius 1 is 1.07 bits per heavy atom. The second-order valence-electron chi connectivity index (χ2n) is 6.87. The molecule has 0 aliphatic heterocycles. The molecule has 0 saturated heterocycles. The third-order valence-electron chi connectivity index (χ3n) is 4.42. The van der Waals surface area contributed by atoms with Gasteiger partial charge in [-0.2, -0.15) is 0 Å². The van der Waals surface area contributed by atoms with Crippen molar-refractivity contribution in [3.63, 3.8) is 0 Å². The zero-order chi connectivity index (χ0) is 21.2. The minimum absolute atomic E-state index is 0.0141. The van der Waals surface area contributed by atoms with Crippen LogP contribution in [0.25, 0.3) is 0 Å². The van der Waals surface area contributed by atoms with Crippen LogP contribution in [0.3, 0.4) is 0 Å². The number of hydrogen-bond acceptors (Lipinski definition) is 6. The van der Waals surface area contributed by atoms with Crippen molar-refractivity contribution >= 4 is 21.9 Å². The van der Waals surface area contributed by atoms with Gasteiger partial charge >= 0.3 is 6.01 Å². The summed E-state index contributed by atoms with van der Waals surface area (Å²) in [4.78, 5) is 12.5. The lowest BCUT2D eigenvalue weighted by Crippen LogP contribution is -2.22. The first kappa shape index (κ1) is 20.7. The summed E-state index contributed by atoms with van der Waals surface area (Å²) in [5, 5.41) is 10.4. The standard InChI is InChI=1S/C20H22N4O4S/c1-13-5-6-16(14(2)11-13)12-18-22-23-20(28-18)21-19(25)15-7-9-17(10-8-15)29(26,27)24(3)4/h5-11H,12H2,1-4H3,(H,21,23,25). The van der Waals surface area contributed by atoms with E-state index in [1.807, 2.05) is 26.0 Å². The van der Waals surface area contributed by atoms with E-state index in [1.165, 1.54) is 43.9 Å². The largest absolute Gasteiger partial charge is 0.407 e. The third kappa shape index (κ3) is 4.69. The van der Waals surface area contributed by atoms with Crippen LogP contribution in [-0.4, -0.2) is 42.9 Å². The Bertz CT molecular complexity index is 1140. The SMILES string of the molecule is Cc1ccc(Cc2nnc(NC(=O)c3ccc(S(=O)(=O)N(C)C)cc3)o2)c(C)c1. The molecule has 0 radical (unpaired) electrons. The minimum Gasteiger partial charge on any atom is -0.407 e. The fraction of sp³-hybridized carbons (Fsp3) is 0.250. The lowest BCUT2D eigenvalue weighted by Gasteiger charge is -2.11. The highest BCUT2D eigenvalue weighted by Gasteiger charge is 2.18. The number of hydrogen-bond donors (Lipinski definition) is 1. The molecule has 0 fully saturated rings. The van der Waals surface area contributed by atoms with E-state index < -0.39 is 15.9 Å². The van der Waals surface area contributed by atoms with Gasteiger partial charge in [-0.1, -0.05) is 28.9 Å². The molecule has 2 aromatic carbocycles. The Balaban J connectivity index is 1.69. The summed E-state index contributed by atoms with van der Waals surface area (Å²) in [5.41, 5.74) is 3.64. The van der Waals surface area contributed by atoms with E-state index in [-0.39, 0.29) is 16.5 Å². The van der Waals surface area contributed by atoms with Crippen LogP contribution in [0.2, 0.25) is 0 Å². The molecule has 1 N–H and O–H groups in total. The molecule has 1 heterocycles. The third-order valence-corrected chi connectivity index (χ3v) is 6.25. The van der Waals surface area contributed by atoms with E-state index in [2.05, 4.69) is 21.6 Å². The van der Waals surface area contributed by atoms with Gasteiger partial charge in [0.15, 0.2) is 0 Å². The summed E-state index contributed by atoms with van der Waals surface area (Å²) in [7, 11) is -0.659. The number of amides is 1. The highest BCUT2D eigenvalue weighted by atomic mass is 32.2. The maximum Gasteiger partial charge on any atom is 0.322 e. The van der Waals surface area contributed by atoms with Crippen molar-refractivity contribution in [3.05, 3.63) is 70.6 Å². The van der Waals surface area contributed by atoms with Crippen molar-refractivity contribution in [3.8, 4) is 0 Å². The predicted molar refractivity (Wildman–Crippen MR) is 108 cm³/mol. The van der Waals surface area contributed by atoms with Gasteiger partial charge in [0.25, 0.3) is 5.91 Å². The number of carbonyl (C=O) groups is 1. The Morgan fingerprint density at radius 3 is 2.38 bits per heavy atom. The first-order chi connectivity index (χ1) is 13.7. The van der Waals surface area contributed by atoms with Crippen LogP contribution in [-0.2, 0) is 16.4 Å². The number of aryl methyl sites for hydroxylation is 2. The molecule has 29 heavy (non-hydrogen) atoms. The quantitative estimate of drug-likeness (QED) is 0.665. The number of aromatic nitrogens is 2. The molecule has 0 aliphatic rings. The number of nitrogens with one attached hydrogen (secondary N) is 1. The first-order valence-electron chi connectivity index (χ1n) is 8.89. The molecule has 3 aromatic rings. The van der Waals surface area contributed by atoms with E-state index in [4.69, 9.17) is 4.42 Å². The van der Waals surface area contributed by atoms with E-state index in [9.17, 15) is 13.2 Å². The summed E-state index contributed by atoms with van der Waals surface area (Å²) < 4.78 is 30.8. The fourth-order valence-electron chi connectivity index (χ4n) is 2.74. The van der Waals surface area contributed by atoms with Crippen LogP contribution in [0.15, 0.2) is 51.8 Å². The average molecular weight is 414 g/mol. The molecule has 8 nitrogen and oxygen atoms in total. The Labute approximate surface area is 169 Å². The lowest BCUT2D eigenvalue weighted by molar-refractivity contribution is 0.102. The van der Waals surface area contributed by atoms with Gasteiger partial charge in [0, 0.05) is 19.7 Å². The number of sulfonamides is 1. The van der Waals surface area contributed by atoms with Crippen LogP contribution in [0.4, 0.5) is 6.01 Å². The molecule has 0 saturated carbocycles. The van der Waals surface area contributed by atoms with E-state index >= 15 is 0 Å². The van der Waals surface area contributed by atoms with Gasteiger partial charge in [0.1, 0.15) is 0 Å². The topological polar surface area (TPSA) is 105 Å². The van der Waals surface area contributed by atoms with Crippen molar-refractivity contribution in [2.45, 2.75) is 25.2 Å². The van der Waals surface area contributed by atoms with Gasteiger partial charge in [0.2, 0.25) is 15.9 Å². The normalized spacial score (nSPS) is 11.6. The zero-order valence-electron chi connectivity index (χ0n) is 16.6. The molecule has 152 valence electrons. The van der Waals surface area contributed by atoms with E-state index in [0.29, 0.717) is 12.3 Å². The highest BCUT2D eigenvalue weighted by Crippen LogP contribution is 2.18. The second-order valence-corrected chi connectivity index (χ2v) is 9.03. The molecule has 0 bridgehead atoms. The van der Waals surface area contributed by atoms with Crippen LogP contribution in [0.5, 0.6) is 0 Å². The van der Waals surface area contributed by atoms with Crippen LogP contribution < -0.4 is 5.32 Å². The van der Waals surface area contributed by atoms with Crippen LogP contribution in [0, 0.1) is 13.8 Å². The molecular formula is C20H22N4O4S. The summed E-state index contributed by atoms with van der Waals surface area (Å²) in [5.74, 6) is -0.0832. The number of benzene rings is 2. The smallest absolute Gasteiger partial charge is 0.322 e. The number of anilines is 1. The van der Waals surface area contributed by atoms with Crippen LogP contribution in [0.1, 0.15) is 32.9 Å². The van der Waals surface area contributed by atoms with Crippen molar-refractivity contribution < 1.29 is 17.6 Å². The Morgan fingerprint density at radius 2 is 1.76 bits per heavy atom. The van der Waals surface area contributed by atoms with Crippen LogP contribution >= 0.6 is 0 Å². The number of carbonyl (C=O) groups excluding carboxylic acids is 1. The highest BCUT2D eigenvalue weighted by molar-refractivity contribution is 7.89. The van der Waals surface area contributed by atoms with Gasteiger partial charge < -0.3 is 4.42 Å². The zero-order valence-corrected chi connectivity index (χ0v) is 17.4. The molecule has 1 aromatic heterocycles. The predicted octanol–water partition coefficient (Wildman–Crippen LogP) is 2.78. The van der Waals surface area contributed by atoms with Gasteiger partial charge in [-0.3, -0.25) is 10.1 Å². The van der Waals surface area contributed by atoms with Crippen molar-refractivity contribution in [1.29, 1.82) is 0 Å². The molecule has 3 rings (SSSR count). The molecule has 1 amide bonds. The number of rotatable bonds is 6. The van der Waals surface area contributed by atoms with Gasteiger partial charge in [-0.25, -0.2) is 12.7 Å². The lowest BCUT2D eigenvalue weighted by atomic mass is 10.0. The van der Waals surface area contributed by atoms with Crippen molar-refractivity contribution in [2.75, 3.05) is 19.4 Å². The van der Waals surface area contributed by atoms with Crippen molar-refractivity contribution in [1.82, 2.24) is 14.5 Å². The van der Waals surface area contributed by atoms with Gasteiger partial charge in [-0.05, 0) is 49.2 Å². The summed E-state index contributed by atoms with van der Waals surface area (Å²) in [6, 6.07) is 11.7.